The van der Waals surface area contributed by atoms with Gasteiger partial charge in [0.25, 0.3) is 6.01 Å². The van der Waals surface area contributed by atoms with E-state index in [0.717, 1.165) is 5.69 Å². The Kier molecular flexibility index (Phi) is 4.57. The van der Waals surface area contributed by atoms with Crippen molar-refractivity contribution in [3.63, 3.8) is 0 Å². The van der Waals surface area contributed by atoms with E-state index in [1.807, 2.05) is 13.8 Å². The lowest BCUT2D eigenvalue weighted by Gasteiger charge is -2.31. The smallest absolute Gasteiger partial charge is 0.391 e. The van der Waals surface area contributed by atoms with Gasteiger partial charge < -0.3 is 14.6 Å². The fourth-order valence-corrected chi connectivity index (χ4v) is 2.23. The minimum Gasteiger partial charge on any atom is -0.432 e. The van der Waals surface area contributed by atoms with Crippen LogP contribution >= 0.6 is 0 Å². The van der Waals surface area contributed by atoms with Crippen molar-refractivity contribution in [2.45, 2.75) is 45.5 Å². The Labute approximate surface area is 116 Å². The largest absolute Gasteiger partial charge is 0.432 e. The van der Waals surface area contributed by atoms with Crippen LogP contribution in [0.3, 0.4) is 0 Å². The molecule has 0 amide bonds. The third-order valence-corrected chi connectivity index (χ3v) is 3.46. The number of nitrogens with one attached hydrogen (secondary N) is 1. The maximum absolute atomic E-state index is 12.6. The highest BCUT2D eigenvalue weighted by atomic mass is 19.4. The SMILES string of the molecule is CC(C)NCc1coc(N2CCC(C(F)(F)F)CC2)n1. The number of anilines is 1. The van der Waals surface area contributed by atoms with Crippen LogP contribution in [-0.4, -0.2) is 30.3 Å². The summed E-state index contributed by atoms with van der Waals surface area (Å²) in [4.78, 5) is 6.09. The number of rotatable bonds is 4. The van der Waals surface area contributed by atoms with Crippen molar-refractivity contribution in [3.05, 3.63) is 12.0 Å². The molecule has 1 N–H and O–H groups in total. The van der Waals surface area contributed by atoms with Crippen molar-refractivity contribution in [3.8, 4) is 0 Å². The summed E-state index contributed by atoms with van der Waals surface area (Å²) in [6, 6.07) is 0.767. The Balaban J connectivity index is 1.88. The van der Waals surface area contributed by atoms with Crippen molar-refractivity contribution in [2.75, 3.05) is 18.0 Å². The number of aromatic nitrogens is 1. The first kappa shape index (κ1) is 15.2. The van der Waals surface area contributed by atoms with Gasteiger partial charge in [-0.15, -0.1) is 0 Å². The van der Waals surface area contributed by atoms with E-state index in [9.17, 15) is 13.2 Å². The van der Waals surface area contributed by atoms with E-state index in [1.54, 1.807) is 11.2 Å². The van der Waals surface area contributed by atoms with Crippen molar-refractivity contribution < 1.29 is 17.6 Å². The van der Waals surface area contributed by atoms with Crippen LogP contribution in [0.15, 0.2) is 10.7 Å². The second kappa shape index (κ2) is 6.03. The van der Waals surface area contributed by atoms with Crippen LogP contribution in [0.4, 0.5) is 19.2 Å². The molecule has 1 aliphatic rings. The number of hydrogen-bond acceptors (Lipinski definition) is 4. The molecule has 1 fully saturated rings. The first-order chi connectivity index (χ1) is 9.36. The molecule has 0 aromatic carbocycles. The fraction of sp³-hybridized carbons (Fsp3) is 0.769. The molecule has 0 saturated carbocycles. The molecule has 0 unspecified atom stereocenters. The Bertz CT molecular complexity index is 423. The first-order valence-corrected chi connectivity index (χ1v) is 6.85. The minimum absolute atomic E-state index is 0.103. The Morgan fingerprint density at radius 3 is 2.60 bits per heavy atom. The van der Waals surface area contributed by atoms with E-state index in [2.05, 4.69) is 10.3 Å². The van der Waals surface area contributed by atoms with Gasteiger partial charge in [-0.1, -0.05) is 13.8 Å². The molecule has 7 heteroatoms. The van der Waals surface area contributed by atoms with Crippen LogP contribution in [0.25, 0.3) is 0 Å². The molecule has 20 heavy (non-hydrogen) atoms. The average molecular weight is 291 g/mol. The van der Waals surface area contributed by atoms with Crippen LogP contribution in [0.2, 0.25) is 0 Å². The number of hydrogen-bond donors (Lipinski definition) is 1. The highest BCUT2D eigenvalue weighted by Crippen LogP contribution is 2.35. The second-order valence-electron chi connectivity index (χ2n) is 5.46. The molecule has 0 spiro atoms. The zero-order valence-corrected chi connectivity index (χ0v) is 11.7. The second-order valence-corrected chi connectivity index (χ2v) is 5.46. The third-order valence-electron chi connectivity index (χ3n) is 3.46. The van der Waals surface area contributed by atoms with Gasteiger partial charge in [-0.3, -0.25) is 0 Å². The number of oxazole rings is 1. The summed E-state index contributed by atoms with van der Waals surface area (Å²) in [6.07, 6.45) is -2.33. The van der Waals surface area contributed by atoms with Gasteiger partial charge in [0.05, 0.1) is 11.6 Å². The van der Waals surface area contributed by atoms with E-state index in [1.165, 1.54) is 0 Å². The molecule has 1 saturated heterocycles. The highest BCUT2D eigenvalue weighted by molar-refractivity contribution is 5.27. The van der Waals surface area contributed by atoms with Crippen molar-refractivity contribution in [1.29, 1.82) is 0 Å². The third kappa shape index (κ3) is 3.88. The quantitative estimate of drug-likeness (QED) is 0.926. The minimum atomic E-state index is -4.09. The molecule has 4 nitrogen and oxygen atoms in total. The van der Waals surface area contributed by atoms with E-state index in [4.69, 9.17) is 4.42 Å². The molecule has 1 aliphatic heterocycles. The zero-order chi connectivity index (χ0) is 14.8. The van der Waals surface area contributed by atoms with Gasteiger partial charge in [0.1, 0.15) is 6.26 Å². The number of nitrogens with zero attached hydrogens (tertiary/aromatic N) is 2. The van der Waals surface area contributed by atoms with E-state index < -0.39 is 12.1 Å². The molecule has 1 aromatic rings. The van der Waals surface area contributed by atoms with E-state index in [0.29, 0.717) is 31.7 Å². The van der Waals surface area contributed by atoms with Gasteiger partial charge in [-0.05, 0) is 12.8 Å². The topological polar surface area (TPSA) is 41.3 Å². The maximum atomic E-state index is 12.6. The summed E-state index contributed by atoms with van der Waals surface area (Å²) in [7, 11) is 0. The standard InChI is InChI=1S/C13H20F3N3O/c1-9(2)17-7-11-8-20-12(18-11)19-5-3-10(4-6-19)13(14,15)16/h8-10,17H,3-7H2,1-2H3. The zero-order valence-electron chi connectivity index (χ0n) is 11.7. The van der Waals surface area contributed by atoms with E-state index >= 15 is 0 Å². The molecule has 0 atom stereocenters. The highest BCUT2D eigenvalue weighted by Gasteiger charge is 2.41. The molecule has 2 rings (SSSR count). The number of piperidine rings is 1. The summed E-state index contributed by atoms with van der Waals surface area (Å²) in [5.74, 6) is -1.20. The fourth-order valence-electron chi connectivity index (χ4n) is 2.23. The molecular weight excluding hydrogens is 271 g/mol. The average Bonchev–Trinajstić information content (AvgIpc) is 2.84. The predicted molar refractivity (Wildman–Crippen MR) is 69.5 cm³/mol. The lowest BCUT2D eigenvalue weighted by Crippen LogP contribution is -2.39. The molecule has 2 heterocycles. The molecular formula is C13H20F3N3O. The van der Waals surface area contributed by atoms with E-state index in [-0.39, 0.29) is 12.8 Å². The van der Waals surface area contributed by atoms with Crippen LogP contribution in [-0.2, 0) is 6.54 Å². The summed E-state index contributed by atoms with van der Waals surface area (Å²) in [5.41, 5.74) is 0.770. The van der Waals surface area contributed by atoms with Crippen LogP contribution in [0.5, 0.6) is 0 Å². The molecule has 0 radical (unpaired) electrons. The van der Waals surface area contributed by atoms with Gasteiger partial charge in [0.2, 0.25) is 0 Å². The van der Waals surface area contributed by atoms with Gasteiger partial charge in [0, 0.05) is 25.7 Å². The summed E-state index contributed by atoms with van der Waals surface area (Å²) < 4.78 is 43.1. The van der Waals surface area contributed by atoms with Gasteiger partial charge in [-0.2, -0.15) is 18.2 Å². The Hall–Kier alpha value is -1.24. The van der Waals surface area contributed by atoms with Crippen molar-refractivity contribution in [1.82, 2.24) is 10.3 Å². The molecule has 114 valence electrons. The van der Waals surface area contributed by atoms with Crippen LogP contribution < -0.4 is 10.2 Å². The maximum Gasteiger partial charge on any atom is 0.391 e. The first-order valence-electron chi connectivity index (χ1n) is 6.85. The van der Waals surface area contributed by atoms with Gasteiger partial charge in [0.15, 0.2) is 0 Å². The van der Waals surface area contributed by atoms with Crippen molar-refractivity contribution in [2.24, 2.45) is 5.92 Å². The molecule has 0 aliphatic carbocycles. The van der Waals surface area contributed by atoms with Crippen LogP contribution in [0.1, 0.15) is 32.4 Å². The van der Waals surface area contributed by atoms with Crippen molar-refractivity contribution >= 4 is 6.01 Å². The van der Waals surface area contributed by atoms with Gasteiger partial charge >= 0.3 is 6.18 Å². The van der Waals surface area contributed by atoms with Gasteiger partial charge in [-0.25, -0.2) is 0 Å². The summed E-state index contributed by atoms with van der Waals surface area (Å²) in [5, 5.41) is 3.22. The Morgan fingerprint density at radius 2 is 2.05 bits per heavy atom. The number of halogens is 3. The lowest BCUT2D eigenvalue weighted by molar-refractivity contribution is -0.179. The predicted octanol–water partition coefficient (Wildman–Crippen LogP) is 2.95. The Morgan fingerprint density at radius 1 is 1.40 bits per heavy atom. The lowest BCUT2D eigenvalue weighted by atomic mass is 9.97. The summed E-state index contributed by atoms with van der Waals surface area (Å²) in [6.45, 7) is 5.33. The number of alkyl halides is 3. The molecule has 0 bridgehead atoms. The normalized spacial score (nSPS) is 18.0. The van der Waals surface area contributed by atoms with Crippen LogP contribution in [0, 0.1) is 5.92 Å². The monoisotopic (exact) mass is 291 g/mol. The summed E-state index contributed by atoms with van der Waals surface area (Å²) >= 11 is 0. The molecule has 1 aromatic heterocycles.